The van der Waals surface area contributed by atoms with Crippen molar-refractivity contribution in [2.75, 3.05) is 40.8 Å². The van der Waals surface area contributed by atoms with Gasteiger partial charge in [-0.3, -0.25) is 0 Å². The highest BCUT2D eigenvalue weighted by Gasteiger charge is 2.44. The van der Waals surface area contributed by atoms with Gasteiger partial charge in [0, 0.05) is 25.6 Å². The maximum Gasteiger partial charge on any atom is 0.317 e. The number of nitrogens with one attached hydrogen (secondary N) is 1. The monoisotopic (exact) mass is 411 g/mol. The van der Waals surface area contributed by atoms with E-state index in [-0.39, 0.29) is 18.0 Å². The van der Waals surface area contributed by atoms with E-state index < -0.39 is 5.60 Å². The average Bonchev–Trinajstić information content (AvgIpc) is 2.75. The van der Waals surface area contributed by atoms with Gasteiger partial charge in [0.15, 0.2) is 0 Å². The fourth-order valence-electron chi connectivity index (χ4n) is 4.23. The van der Waals surface area contributed by atoms with Crippen LogP contribution in [0.4, 0.5) is 4.79 Å². The Balaban J connectivity index is 1.76. The predicted molar refractivity (Wildman–Crippen MR) is 119 cm³/mol. The molecule has 1 heterocycles. The molecule has 0 aromatic heterocycles. The maximum absolute atomic E-state index is 13.0. The molecule has 2 amide bonds. The highest BCUT2D eigenvalue weighted by Crippen LogP contribution is 2.39. The van der Waals surface area contributed by atoms with Gasteiger partial charge in [-0.2, -0.15) is 0 Å². The Morgan fingerprint density at radius 2 is 2.00 bits per heavy atom. The second-order valence-corrected chi connectivity index (χ2v) is 8.39. The number of piperidine rings is 1. The summed E-state index contributed by atoms with van der Waals surface area (Å²) in [7, 11) is 5.60. The summed E-state index contributed by atoms with van der Waals surface area (Å²) in [4.78, 5) is 16.8. The molecule has 2 N–H and O–H groups in total. The fraction of sp³-hybridized carbons (Fsp3) is 0.458. The zero-order valence-corrected chi connectivity index (χ0v) is 18.3. The lowest BCUT2D eigenvalue weighted by Gasteiger charge is -2.46. The van der Waals surface area contributed by atoms with Crippen LogP contribution >= 0.6 is 0 Å². The van der Waals surface area contributed by atoms with Gasteiger partial charge in [0.25, 0.3) is 0 Å². The molecule has 30 heavy (non-hydrogen) atoms. The number of hydrogen-bond acceptors (Lipinski definition) is 4. The van der Waals surface area contributed by atoms with E-state index in [9.17, 15) is 9.90 Å². The summed E-state index contributed by atoms with van der Waals surface area (Å²) in [6.45, 7) is 3.64. The summed E-state index contributed by atoms with van der Waals surface area (Å²) in [6, 6.07) is 17.4. The molecule has 0 bridgehead atoms. The number of likely N-dealkylation sites (tertiary alicyclic amines) is 1. The molecule has 0 spiro atoms. The van der Waals surface area contributed by atoms with Crippen molar-refractivity contribution in [2.45, 2.75) is 25.0 Å². The van der Waals surface area contributed by atoms with Crippen molar-refractivity contribution < 1.29 is 14.6 Å². The number of methoxy groups -OCH3 is 1. The van der Waals surface area contributed by atoms with Crippen molar-refractivity contribution in [1.82, 2.24) is 15.1 Å². The second kappa shape index (κ2) is 9.49. The second-order valence-electron chi connectivity index (χ2n) is 8.39. The van der Waals surface area contributed by atoms with Gasteiger partial charge in [-0.05, 0) is 50.7 Å². The van der Waals surface area contributed by atoms with Crippen molar-refractivity contribution in [2.24, 2.45) is 5.92 Å². The largest absolute Gasteiger partial charge is 0.497 e. The van der Waals surface area contributed by atoms with E-state index in [0.29, 0.717) is 26.1 Å². The number of carbonyl (C=O) groups is 1. The number of amides is 2. The first-order valence-corrected chi connectivity index (χ1v) is 10.5. The quantitative estimate of drug-likeness (QED) is 0.766. The number of aliphatic hydroxyl groups is 1. The van der Waals surface area contributed by atoms with Crippen molar-refractivity contribution in [3.05, 3.63) is 65.7 Å². The molecule has 0 saturated carbocycles. The van der Waals surface area contributed by atoms with Crippen LogP contribution in [0.1, 0.15) is 30.5 Å². The molecule has 1 fully saturated rings. The number of benzene rings is 2. The first kappa shape index (κ1) is 22.1. The topological polar surface area (TPSA) is 65.0 Å². The standard InChI is InChI=1S/C24H33N3O3/c1-18(19-9-6-5-7-10-19)25-23(28)27-14-13-24(29,21(17-27)16-26(2)3)20-11-8-12-22(15-20)30-4/h5-12,15,18,21,29H,13-14,16-17H2,1-4H3,(H,25,28)/t18-,21?,24?/m0/s1. The Kier molecular flexibility index (Phi) is 7.00. The summed E-state index contributed by atoms with van der Waals surface area (Å²) in [5, 5.41) is 14.8. The lowest BCUT2D eigenvalue weighted by molar-refractivity contribution is -0.0759. The summed E-state index contributed by atoms with van der Waals surface area (Å²) >= 11 is 0. The Bertz CT molecular complexity index is 843. The van der Waals surface area contributed by atoms with E-state index in [1.807, 2.05) is 80.5 Å². The first-order chi connectivity index (χ1) is 14.3. The summed E-state index contributed by atoms with van der Waals surface area (Å²) in [5.41, 5.74) is 0.896. The van der Waals surface area contributed by atoms with Gasteiger partial charge in [0.05, 0.1) is 18.8 Å². The minimum atomic E-state index is -1.01. The smallest absolute Gasteiger partial charge is 0.317 e. The number of urea groups is 1. The highest BCUT2D eigenvalue weighted by atomic mass is 16.5. The van der Waals surface area contributed by atoms with Crippen molar-refractivity contribution in [3.63, 3.8) is 0 Å². The summed E-state index contributed by atoms with van der Waals surface area (Å²) in [5.74, 6) is 0.604. The Hall–Kier alpha value is -2.57. The first-order valence-electron chi connectivity index (χ1n) is 10.5. The molecule has 162 valence electrons. The molecule has 6 heteroatoms. The van der Waals surface area contributed by atoms with E-state index in [2.05, 4.69) is 10.2 Å². The number of hydrogen-bond donors (Lipinski definition) is 2. The zero-order valence-electron chi connectivity index (χ0n) is 18.3. The molecule has 6 nitrogen and oxygen atoms in total. The molecule has 2 unspecified atom stereocenters. The van der Waals surface area contributed by atoms with E-state index in [0.717, 1.165) is 16.9 Å². The van der Waals surface area contributed by atoms with Crippen molar-refractivity contribution >= 4 is 6.03 Å². The lowest BCUT2D eigenvalue weighted by Crippen LogP contribution is -2.56. The normalized spacial score (nSPS) is 22.6. The molecule has 3 atom stereocenters. The van der Waals surface area contributed by atoms with Gasteiger partial charge in [-0.25, -0.2) is 4.79 Å². The van der Waals surface area contributed by atoms with E-state index >= 15 is 0 Å². The molecule has 2 aromatic carbocycles. The molecule has 2 aromatic rings. The summed E-state index contributed by atoms with van der Waals surface area (Å²) in [6.07, 6.45) is 0.478. The third kappa shape index (κ3) is 4.94. The fourth-order valence-corrected chi connectivity index (χ4v) is 4.23. The van der Waals surface area contributed by atoms with Crippen LogP contribution in [0.25, 0.3) is 0 Å². The van der Waals surface area contributed by atoms with E-state index in [1.54, 1.807) is 7.11 Å². The molecule has 0 radical (unpaired) electrons. The van der Waals surface area contributed by atoms with Crippen molar-refractivity contribution in [3.8, 4) is 5.75 Å². The molecular weight excluding hydrogens is 378 g/mol. The van der Waals surface area contributed by atoms with Gasteiger partial charge in [0.2, 0.25) is 0 Å². The van der Waals surface area contributed by atoms with Crippen LogP contribution in [0.3, 0.4) is 0 Å². The molecule has 1 aliphatic rings. The Morgan fingerprint density at radius 3 is 2.67 bits per heavy atom. The number of rotatable bonds is 6. The summed E-state index contributed by atoms with van der Waals surface area (Å²) < 4.78 is 5.36. The third-order valence-electron chi connectivity index (χ3n) is 5.96. The zero-order chi connectivity index (χ0) is 21.7. The number of nitrogens with zero attached hydrogens (tertiary/aromatic N) is 2. The Labute approximate surface area is 179 Å². The van der Waals surface area contributed by atoms with Crippen LogP contribution in [-0.4, -0.2) is 61.8 Å². The predicted octanol–water partition coefficient (Wildman–Crippen LogP) is 3.24. The third-order valence-corrected chi connectivity index (χ3v) is 5.96. The number of ether oxygens (including phenoxy) is 1. The van der Waals surface area contributed by atoms with Gasteiger partial charge in [-0.15, -0.1) is 0 Å². The van der Waals surface area contributed by atoms with Gasteiger partial charge in [-0.1, -0.05) is 42.5 Å². The minimum absolute atomic E-state index is 0.0785. The van der Waals surface area contributed by atoms with Crippen LogP contribution in [-0.2, 0) is 5.60 Å². The van der Waals surface area contributed by atoms with Crippen LogP contribution < -0.4 is 10.1 Å². The molecule has 3 rings (SSSR count). The van der Waals surface area contributed by atoms with E-state index in [1.165, 1.54) is 0 Å². The molecule has 1 saturated heterocycles. The average molecular weight is 412 g/mol. The highest BCUT2D eigenvalue weighted by molar-refractivity contribution is 5.75. The maximum atomic E-state index is 13.0. The van der Waals surface area contributed by atoms with Crippen LogP contribution in [0.5, 0.6) is 5.75 Å². The lowest BCUT2D eigenvalue weighted by atomic mass is 9.75. The van der Waals surface area contributed by atoms with Crippen LogP contribution in [0.2, 0.25) is 0 Å². The molecular formula is C24H33N3O3. The number of carbonyl (C=O) groups excluding carboxylic acids is 1. The van der Waals surface area contributed by atoms with Gasteiger partial charge in [0.1, 0.15) is 5.75 Å². The van der Waals surface area contributed by atoms with Gasteiger partial charge >= 0.3 is 6.03 Å². The minimum Gasteiger partial charge on any atom is -0.497 e. The molecule has 0 aliphatic carbocycles. The SMILES string of the molecule is COc1cccc(C2(O)CCN(C(=O)N[C@@H](C)c3ccccc3)CC2CN(C)C)c1. The van der Waals surface area contributed by atoms with E-state index in [4.69, 9.17) is 4.74 Å². The van der Waals surface area contributed by atoms with Gasteiger partial charge < -0.3 is 25.0 Å². The van der Waals surface area contributed by atoms with Crippen LogP contribution in [0, 0.1) is 5.92 Å². The molecule has 1 aliphatic heterocycles. The van der Waals surface area contributed by atoms with Crippen LogP contribution in [0.15, 0.2) is 54.6 Å². The van der Waals surface area contributed by atoms with Crippen molar-refractivity contribution in [1.29, 1.82) is 0 Å². The Morgan fingerprint density at radius 1 is 1.27 bits per heavy atom.